The van der Waals surface area contributed by atoms with Crippen LogP contribution >= 0.6 is 0 Å². The molecule has 0 spiro atoms. The number of hydrogen-bond donors (Lipinski definition) is 1. The van der Waals surface area contributed by atoms with Gasteiger partial charge in [-0.3, -0.25) is 4.98 Å². The number of halogens is 3. The molecule has 0 fully saturated rings. The van der Waals surface area contributed by atoms with Gasteiger partial charge in [-0.25, -0.2) is 34.7 Å². The van der Waals surface area contributed by atoms with Gasteiger partial charge in [0.2, 0.25) is 10.0 Å². The highest BCUT2D eigenvalue weighted by Gasteiger charge is 2.31. The van der Waals surface area contributed by atoms with Crippen molar-refractivity contribution in [3.05, 3.63) is 90.0 Å². The maximum atomic E-state index is 13.9. The summed E-state index contributed by atoms with van der Waals surface area (Å²) in [6.07, 6.45) is 2.64. The number of sulfonamides is 1. The van der Waals surface area contributed by atoms with Crippen LogP contribution in [0.25, 0.3) is 0 Å². The van der Waals surface area contributed by atoms with E-state index in [1.54, 1.807) is 0 Å². The number of nitrogens with zero attached hydrogens (tertiary/aromatic N) is 1. The molecule has 11 heteroatoms. The third-order valence-corrected chi connectivity index (χ3v) is 7.77. The van der Waals surface area contributed by atoms with E-state index in [2.05, 4.69) is 4.98 Å². The fourth-order valence-electron chi connectivity index (χ4n) is 2.71. The van der Waals surface area contributed by atoms with E-state index in [1.807, 2.05) is 4.72 Å². The molecule has 3 aromatic rings. The van der Waals surface area contributed by atoms with E-state index >= 15 is 0 Å². The Hall–Kier alpha value is -2.76. The predicted octanol–water partition coefficient (Wildman–Crippen LogP) is 2.99. The molecule has 0 aliphatic heterocycles. The quantitative estimate of drug-likeness (QED) is 0.552. The second-order valence-electron chi connectivity index (χ2n) is 6.20. The Kier molecular flexibility index (Phi) is 6.25. The average molecular weight is 456 g/mol. The summed E-state index contributed by atoms with van der Waals surface area (Å²) in [5.41, 5.74) is 0.157. The molecule has 0 aliphatic rings. The Labute approximate surface area is 171 Å². The summed E-state index contributed by atoms with van der Waals surface area (Å²) in [6, 6.07) is 8.80. The largest absolute Gasteiger partial charge is 0.264 e. The first-order valence-electron chi connectivity index (χ1n) is 8.45. The van der Waals surface area contributed by atoms with Crippen molar-refractivity contribution in [1.29, 1.82) is 0 Å². The molecule has 1 N–H and O–H groups in total. The molecule has 6 nitrogen and oxygen atoms in total. The second kappa shape index (κ2) is 8.54. The molecule has 0 saturated heterocycles. The highest BCUT2D eigenvalue weighted by atomic mass is 32.2. The summed E-state index contributed by atoms with van der Waals surface area (Å²) in [7, 11) is -8.77. The van der Waals surface area contributed by atoms with Gasteiger partial charge < -0.3 is 0 Å². The lowest BCUT2D eigenvalue weighted by Gasteiger charge is -2.19. The van der Waals surface area contributed by atoms with Gasteiger partial charge in [0.15, 0.2) is 9.84 Å². The lowest BCUT2D eigenvalue weighted by molar-refractivity contribution is 0.543. The lowest BCUT2D eigenvalue weighted by Crippen LogP contribution is -2.32. The van der Waals surface area contributed by atoms with Crippen molar-refractivity contribution in [3.63, 3.8) is 0 Å². The van der Waals surface area contributed by atoms with Gasteiger partial charge in [-0.15, -0.1) is 0 Å². The fraction of sp³-hybridized carbons (Fsp3) is 0.105. The normalized spacial score (nSPS) is 13.2. The summed E-state index contributed by atoms with van der Waals surface area (Å²) < 4.78 is 93.6. The van der Waals surface area contributed by atoms with Crippen LogP contribution in [0.2, 0.25) is 0 Å². The van der Waals surface area contributed by atoms with Gasteiger partial charge in [0, 0.05) is 18.9 Å². The highest BCUT2D eigenvalue weighted by molar-refractivity contribution is 7.92. The monoisotopic (exact) mass is 456 g/mol. The van der Waals surface area contributed by atoms with Crippen molar-refractivity contribution >= 4 is 19.9 Å². The highest BCUT2D eigenvalue weighted by Crippen LogP contribution is 2.29. The number of pyridine rings is 1. The maximum Gasteiger partial charge on any atom is 0.243 e. The van der Waals surface area contributed by atoms with E-state index in [0.717, 1.165) is 30.3 Å². The van der Waals surface area contributed by atoms with Crippen molar-refractivity contribution in [3.8, 4) is 0 Å². The topological polar surface area (TPSA) is 93.2 Å². The predicted molar refractivity (Wildman–Crippen MR) is 102 cm³/mol. The van der Waals surface area contributed by atoms with Crippen molar-refractivity contribution in [2.45, 2.75) is 15.0 Å². The molecule has 2 aromatic carbocycles. The molecule has 0 bridgehead atoms. The van der Waals surface area contributed by atoms with Crippen molar-refractivity contribution in [2.24, 2.45) is 0 Å². The standard InChI is InChI=1S/C19H15F3N2O4S2/c20-14-3-6-16(7-4-14)29(25,26)19(13-2-1-9-23-11-13)12-24-30(27,28)18-10-15(21)5-8-17(18)22/h1-11,19,24H,12H2. The molecule has 158 valence electrons. The molecule has 0 saturated carbocycles. The first kappa shape index (κ1) is 21.9. The minimum absolute atomic E-state index is 0.157. The summed E-state index contributed by atoms with van der Waals surface area (Å²) >= 11 is 0. The van der Waals surface area contributed by atoms with Gasteiger partial charge in [-0.1, -0.05) is 6.07 Å². The van der Waals surface area contributed by atoms with Crippen LogP contribution in [-0.4, -0.2) is 28.4 Å². The van der Waals surface area contributed by atoms with Gasteiger partial charge in [0.25, 0.3) is 0 Å². The minimum atomic E-state index is -4.58. The third-order valence-electron chi connectivity index (χ3n) is 4.21. The van der Waals surface area contributed by atoms with Gasteiger partial charge in [0.1, 0.15) is 27.6 Å². The molecule has 1 aromatic heterocycles. The second-order valence-corrected chi connectivity index (χ2v) is 10.1. The smallest absolute Gasteiger partial charge is 0.243 e. The molecular weight excluding hydrogens is 441 g/mol. The molecule has 0 aliphatic carbocycles. The van der Waals surface area contributed by atoms with Gasteiger partial charge >= 0.3 is 0 Å². The van der Waals surface area contributed by atoms with Crippen LogP contribution in [0.1, 0.15) is 10.8 Å². The Balaban J connectivity index is 1.98. The molecule has 1 atom stereocenters. The van der Waals surface area contributed by atoms with Crippen molar-refractivity contribution in [2.75, 3.05) is 6.54 Å². The van der Waals surface area contributed by atoms with Crippen LogP contribution in [-0.2, 0) is 19.9 Å². The number of aromatic nitrogens is 1. The van der Waals surface area contributed by atoms with E-state index in [-0.39, 0.29) is 10.5 Å². The molecule has 30 heavy (non-hydrogen) atoms. The Morgan fingerprint density at radius 1 is 0.900 bits per heavy atom. The summed E-state index contributed by atoms with van der Waals surface area (Å²) in [5, 5.41) is -1.46. The number of nitrogens with one attached hydrogen (secondary N) is 1. The molecule has 0 radical (unpaired) electrons. The zero-order chi connectivity index (χ0) is 21.9. The number of hydrogen-bond acceptors (Lipinski definition) is 5. The molecule has 1 heterocycles. The number of benzene rings is 2. The van der Waals surface area contributed by atoms with E-state index in [9.17, 15) is 30.0 Å². The summed E-state index contributed by atoms with van der Waals surface area (Å²) in [5.74, 6) is -2.81. The van der Waals surface area contributed by atoms with Crippen molar-refractivity contribution < 1.29 is 30.0 Å². The Morgan fingerprint density at radius 3 is 2.20 bits per heavy atom. The van der Waals surface area contributed by atoms with Gasteiger partial charge in [-0.2, -0.15) is 0 Å². The first-order valence-corrected chi connectivity index (χ1v) is 11.5. The lowest BCUT2D eigenvalue weighted by atomic mass is 10.2. The van der Waals surface area contributed by atoms with Crippen LogP contribution in [0.15, 0.2) is 76.8 Å². The van der Waals surface area contributed by atoms with Crippen LogP contribution in [0.4, 0.5) is 13.2 Å². The fourth-order valence-corrected chi connectivity index (χ4v) is 5.59. The molecule has 1 unspecified atom stereocenters. The van der Waals surface area contributed by atoms with E-state index in [1.165, 1.54) is 24.5 Å². The Morgan fingerprint density at radius 2 is 1.57 bits per heavy atom. The number of rotatable bonds is 7. The molecular formula is C19H15F3N2O4S2. The van der Waals surface area contributed by atoms with E-state index < -0.39 is 54.0 Å². The molecule has 3 rings (SSSR count). The van der Waals surface area contributed by atoms with E-state index in [4.69, 9.17) is 0 Å². The van der Waals surface area contributed by atoms with Crippen LogP contribution < -0.4 is 4.72 Å². The summed E-state index contributed by atoms with van der Waals surface area (Å²) in [4.78, 5) is 2.65. The maximum absolute atomic E-state index is 13.9. The Bertz CT molecular complexity index is 1250. The summed E-state index contributed by atoms with van der Waals surface area (Å²) in [6.45, 7) is -0.691. The van der Waals surface area contributed by atoms with Gasteiger partial charge in [0.05, 0.1) is 4.90 Å². The van der Waals surface area contributed by atoms with Crippen LogP contribution in [0.3, 0.4) is 0 Å². The van der Waals surface area contributed by atoms with Crippen molar-refractivity contribution in [1.82, 2.24) is 9.71 Å². The van der Waals surface area contributed by atoms with Gasteiger partial charge in [-0.05, 0) is 54.1 Å². The zero-order valence-corrected chi connectivity index (χ0v) is 16.8. The van der Waals surface area contributed by atoms with E-state index in [0.29, 0.717) is 12.1 Å². The average Bonchev–Trinajstić information content (AvgIpc) is 2.71. The first-order chi connectivity index (χ1) is 14.1. The van der Waals surface area contributed by atoms with Crippen LogP contribution in [0, 0.1) is 17.5 Å². The SMILES string of the molecule is O=S(=O)(NCC(c1cccnc1)S(=O)(=O)c1ccc(F)cc1)c1cc(F)ccc1F. The zero-order valence-electron chi connectivity index (χ0n) is 15.2. The minimum Gasteiger partial charge on any atom is -0.264 e. The van der Waals surface area contributed by atoms with Crippen LogP contribution in [0.5, 0.6) is 0 Å². The third kappa shape index (κ3) is 4.69. The number of sulfone groups is 1. The molecule has 0 amide bonds.